The first-order chi connectivity index (χ1) is 9.63. The Bertz CT molecular complexity index is 353. The minimum absolute atomic E-state index is 0.0717. The lowest BCUT2D eigenvalue weighted by Gasteiger charge is -2.34. The lowest BCUT2D eigenvalue weighted by atomic mass is 9.84. The minimum atomic E-state index is -0.779. The van der Waals surface area contributed by atoms with Gasteiger partial charge < -0.3 is 15.3 Å². The van der Waals surface area contributed by atoms with Crippen molar-refractivity contribution in [3.05, 3.63) is 0 Å². The van der Waals surface area contributed by atoms with Crippen molar-refractivity contribution in [1.29, 1.82) is 0 Å². The van der Waals surface area contributed by atoms with E-state index in [1.165, 1.54) is 12.8 Å². The van der Waals surface area contributed by atoms with Crippen LogP contribution < -0.4 is 5.32 Å². The van der Waals surface area contributed by atoms with E-state index in [2.05, 4.69) is 5.32 Å². The van der Waals surface area contributed by atoms with E-state index in [0.29, 0.717) is 19.0 Å². The minimum Gasteiger partial charge on any atom is -0.481 e. The zero-order valence-electron chi connectivity index (χ0n) is 12.3. The molecule has 2 N–H and O–H groups in total. The van der Waals surface area contributed by atoms with Crippen LogP contribution in [-0.4, -0.2) is 40.6 Å². The Hall–Kier alpha value is -1.26. The standard InChI is InChI=1S/C15H26N2O3/c1-2-17(11-7-3-4-8-11)15(20)16-13-10-6-5-9-12(13)14(18)19/h11-13H,2-10H2,1H3,(H,16,20)(H,18,19). The van der Waals surface area contributed by atoms with E-state index < -0.39 is 11.9 Å². The summed E-state index contributed by atoms with van der Waals surface area (Å²) >= 11 is 0. The van der Waals surface area contributed by atoms with E-state index in [4.69, 9.17) is 0 Å². The first-order valence-electron chi connectivity index (χ1n) is 7.93. The SMILES string of the molecule is CCN(C(=O)NC1CCCCC1C(=O)O)C1CCCC1. The molecule has 5 heteroatoms. The molecular weight excluding hydrogens is 256 g/mol. The van der Waals surface area contributed by atoms with Gasteiger partial charge in [-0.1, -0.05) is 25.7 Å². The molecule has 0 radical (unpaired) electrons. The highest BCUT2D eigenvalue weighted by Gasteiger charge is 2.34. The van der Waals surface area contributed by atoms with E-state index in [1.807, 2.05) is 11.8 Å². The number of hydrogen-bond donors (Lipinski definition) is 2. The molecule has 2 rings (SSSR count). The highest BCUT2D eigenvalue weighted by Crippen LogP contribution is 2.26. The van der Waals surface area contributed by atoms with Gasteiger partial charge in [0.2, 0.25) is 0 Å². The maximum atomic E-state index is 12.4. The van der Waals surface area contributed by atoms with Gasteiger partial charge in [0.05, 0.1) is 5.92 Å². The Morgan fingerprint density at radius 3 is 2.30 bits per heavy atom. The normalized spacial score (nSPS) is 27.2. The van der Waals surface area contributed by atoms with Crippen LogP contribution in [-0.2, 0) is 4.79 Å². The summed E-state index contributed by atoms with van der Waals surface area (Å²) in [5.41, 5.74) is 0. The van der Waals surface area contributed by atoms with Crippen molar-refractivity contribution in [2.75, 3.05) is 6.54 Å². The second kappa shape index (κ2) is 6.95. The van der Waals surface area contributed by atoms with Crippen LogP contribution in [0, 0.1) is 5.92 Å². The average Bonchev–Trinajstić information content (AvgIpc) is 2.94. The Morgan fingerprint density at radius 2 is 1.70 bits per heavy atom. The Labute approximate surface area is 120 Å². The number of carbonyl (C=O) groups is 2. The van der Waals surface area contributed by atoms with Gasteiger partial charge >= 0.3 is 12.0 Å². The van der Waals surface area contributed by atoms with E-state index in [1.54, 1.807) is 0 Å². The molecule has 0 saturated heterocycles. The molecule has 0 aromatic heterocycles. The van der Waals surface area contributed by atoms with Crippen LogP contribution in [0.4, 0.5) is 4.79 Å². The summed E-state index contributed by atoms with van der Waals surface area (Å²) in [5.74, 6) is -1.20. The fraction of sp³-hybridized carbons (Fsp3) is 0.867. The summed E-state index contributed by atoms with van der Waals surface area (Å²) in [6, 6.07) is 0.0635. The molecule has 2 aliphatic carbocycles. The summed E-state index contributed by atoms with van der Waals surface area (Å²) < 4.78 is 0. The maximum Gasteiger partial charge on any atom is 0.317 e. The fourth-order valence-electron chi connectivity index (χ4n) is 3.62. The predicted octanol–water partition coefficient (Wildman–Crippen LogP) is 2.60. The van der Waals surface area contributed by atoms with Crippen LogP contribution in [0.3, 0.4) is 0 Å². The first-order valence-corrected chi connectivity index (χ1v) is 7.93. The second-order valence-corrected chi connectivity index (χ2v) is 6.01. The van der Waals surface area contributed by atoms with Crippen molar-refractivity contribution in [3.8, 4) is 0 Å². The molecule has 5 nitrogen and oxygen atoms in total. The highest BCUT2D eigenvalue weighted by atomic mass is 16.4. The van der Waals surface area contributed by atoms with Gasteiger partial charge in [-0.25, -0.2) is 4.79 Å². The average molecular weight is 282 g/mol. The smallest absolute Gasteiger partial charge is 0.317 e. The predicted molar refractivity (Wildman–Crippen MR) is 76.5 cm³/mol. The fourth-order valence-corrected chi connectivity index (χ4v) is 3.62. The number of carboxylic acids is 1. The maximum absolute atomic E-state index is 12.4. The first kappa shape index (κ1) is 15.1. The van der Waals surface area contributed by atoms with Gasteiger partial charge in [0.1, 0.15) is 0 Å². The Kier molecular flexibility index (Phi) is 5.26. The van der Waals surface area contributed by atoms with Gasteiger partial charge in [0, 0.05) is 18.6 Å². The molecule has 2 aliphatic rings. The molecule has 2 unspecified atom stereocenters. The lowest BCUT2D eigenvalue weighted by Crippen LogP contribution is -2.52. The number of urea groups is 1. The number of nitrogens with zero attached hydrogens (tertiary/aromatic N) is 1. The third-order valence-electron chi connectivity index (χ3n) is 4.76. The Morgan fingerprint density at radius 1 is 1.10 bits per heavy atom. The van der Waals surface area contributed by atoms with Gasteiger partial charge in [0.25, 0.3) is 0 Å². The van der Waals surface area contributed by atoms with Gasteiger partial charge in [0.15, 0.2) is 0 Å². The molecule has 2 saturated carbocycles. The number of carboxylic acid groups (broad SMARTS) is 1. The van der Waals surface area contributed by atoms with Crippen LogP contribution in [0.5, 0.6) is 0 Å². The van der Waals surface area contributed by atoms with E-state index >= 15 is 0 Å². The quantitative estimate of drug-likeness (QED) is 0.832. The molecule has 0 aliphatic heterocycles. The van der Waals surface area contributed by atoms with Crippen molar-refractivity contribution in [2.24, 2.45) is 5.92 Å². The van der Waals surface area contributed by atoms with E-state index in [-0.39, 0.29) is 12.1 Å². The molecule has 0 aromatic carbocycles. The van der Waals surface area contributed by atoms with Gasteiger partial charge in [-0.2, -0.15) is 0 Å². The van der Waals surface area contributed by atoms with Crippen LogP contribution in [0.1, 0.15) is 58.3 Å². The van der Waals surface area contributed by atoms with E-state index in [0.717, 1.165) is 32.1 Å². The number of amides is 2. The zero-order valence-corrected chi connectivity index (χ0v) is 12.3. The molecular formula is C15H26N2O3. The van der Waals surface area contributed by atoms with E-state index in [9.17, 15) is 14.7 Å². The van der Waals surface area contributed by atoms with Crippen molar-refractivity contribution < 1.29 is 14.7 Å². The van der Waals surface area contributed by atoms with Crippen LogP contribution in [0.2, 0.25) is 0 Å². The molecule has 2 fully saturated rings. The third kappa shape index (κ3) is 3.44. The number of nitrogens with one attached hydrogen (secondary N) is 1. The summed E-state index contributed by atoms with van der Waals surface area (Å²) in [5, 5.41) is 12.2. The van der Waals surface area contributed by atoms with Gasteiger partial charge in [-0.05, 0) is 32.6 Å². The lowest BCUT2D eigenvalue weighted by molar-refractivity contribution is -0.143. The van der Waals surface area contributed by atoms with Crippen LogP contribution in [0.25, 0.3) is 0 Å². The molecule has 114 valence electrons. The topological polar surface area (TPSA) is 69.6 Å². The summed E-state index contributed by atoms with van der Waals surface area (Å²) in [4.78, 5) is 25.6. The van der Waals surface area contributed by atoms with Gasteiger partial charge in [-0.15, -0.1) is 0 Å². The highest BCUT2D eigenvalue weighted by molar-refractivity contribution is 5.77. The molecule has 2 amide bonds. The molecule has 0 bridgehead atoms. The van der Waals surface area contributed by atoms with Crippen molar-refractivity contribution in [3.63, 3.8) is 0 Å². The van der Waals surface area contributed by atoms with Crippen molar-refractivity contribution in [2.45, 2.75) is 70.4 Å². The molecule has 0 heterocycles. The number of hydrogen-bond acceptors (Lipinski definition) is 2. The van der Waals surface area contributed by atoms with Crippen molar-refractivity contribution in [1.82, 2.24) is 10.2 Å². The number of carbonyl (C=O) groups excluding carboxylic acids is 1. The summed E-state index contributed by atoms with van der Waals surface area (Å²) in [6.07, 6.45) is 7.95. The van der Waals surface area contributed by atoms with Crippen LogP contribution >= 0.6 is 0 Å². The molecule has 2 atom stereocenters. The third-order valence-corrected chi connectivity index (χ3v) is 4.76. The molecule has 20 heavy (non-hydrogen) atoms. The number of rotatable bonds is 4. The van der Waals surface area contributed by atoms with Gasteiger partial charge in [-0.3, -0.25) is 4.79 Å². The summed E-state index contributed by atoms with van der Waals surface area (Å²) in [6.45, 7) is 2.69. The number of aliphatic carboxylic acids is 1. The Balaban J connectivity index is 1.95. The van der Waals surface area contributed by atoms with Crippen molar-refractivity contribution >= 4 is 12.0 Å². The van der Waals surface area contributed by atoms with Crippen LogP contribution in [0.15, 0.2) is 0 Å². The monoisotopic (exact) mass is 282 g/mol. The molecule has 0 aromatic rings. The molecule has 0 spiro atoms. The summed E-state index contributed by atoms with van der Waals surface area (Å²) in [7, 11) is 0. The second-order valence-electron chi connectivity index (χ2n) is 6.01. The zero-order chi connectivity index (χ0) is 14.5. The largest absolute Gasteiger partial charge is 0.481 e.